The summed E-state index contributed by atoms with van der Waals surface area (Å²) in [5.74, 6) is 0. The number of hydrogen-bond acceptors (Lipinski definition) is 7. The topological polar surface area (TPSA) is 97.6 Å². The predicted molar refractivity (Wildman–Crippen MR) is 98.0 cm³/mol. The smallest absolute Gasteiger partial charge is 0.184 e. The van der Waals surface area contributed by atoms with Crippen molar-refractivity contribution in [3.8, 4) is 0 Å². The highest BCUT2D eigenvalue weighted by Crippen LogP contribution is 2.33. The maximum absolute atomic E-state index is 10.9. The first-order valence-corrected chi connectivity index (χ1v) is 9.31. The van der Waals surface area contributed by atoms with Crippen LogP contribution in [0, 0.1) is 0 Å². The van der Waals surface area contributed by atoms with Crippen LogP contribution < -0.4 is 0 Å². The molecule has 0 radical (unpaired) electrons. The molecule has 0 saturated carbocycles. The standard InChI is InChI=1S/C21H24O7/c22-15-11-25-20(13-7-3-1-4-8-13)27-18(15)17(24)19-16(23)12-26-21(28-19)14-9-5-2-6-10-14/h1-10,15-24H,11-12H2/t15-,16+,17?,18?,19?,20+,21-. The minimum atomic E-state index is -1.27. The third-order valence-electron chi connectivity index (χ3n) is 4.97. The third-order valence-corrected chi connectivity index (χ3v) is 4.97. The van der Waals surface area contributed by atoms with Crippen LogP contribution in [0.25, 0.3) is 0 Å². The number of aliphatic hydroxyl groups excluding tert-OH is 3. The maximum atomic E-state index is 10.9. The average molecular weight is 388 g/mol. The monoisotopic (exact) mass is 388 g/mol. The van der Waals surface area contributed by atoms with E-state index in [1.165, 1.54) is 0 Å². The van der Waals surface area contributed by atoms with Crippen LogP contribution in [0.15, 0.2) is 60.7 Å². The van der Waals surface area contributed by atoms with Gasteiger partial charge in [-0.05, 0) is 0 Å². The summed E-state index contributed by atoms with van der Waals surface area (Å²) in [7, 11) is 0. The van der Waals surface area contributed by atoms with E-state index >= 15 is 0 Å². The molecule has 2 heterocycles. The Bertz CT molecular complexity index is 677. The summed E-state index contributed by atoms with van der Waals surface area (Å²) in [6.45, 7) is 0.00539. The van der Waals surface area contributed by atoms with Crippen LogP contribution in [0.1, 0.15) is 23.7 Å². The zero-order valence-corrected chi connectivity index (χ0v) is 15.2. The summed E-state index contributed by atoms with van der Waals surface area (Å²) in [6, 6.07) is 18.6. The van der Waals surface area contributed by atoms with Gasteiger partial charge >= 0.3 is 0 Å². The van der Waals surface area contributed by atoms with Gasteiger partial charge < -0.3 is 34.3 Å². The summed E-state index contributed by atoms with van der Waals surface area (Å²) in [5.41, 5.74) is 1.56. The van der Waals surface area contributed by atoms with Gasteiger partial charge in [0, 0.05) is 11.1 Å². The number of ether oxygens (including phenoxy) is 4. The van der Waals surface area contributed by atoms with Crippen LogP contribution in [0.5, 0.6) is 0 Å². The molecule has 3 N–H and O–H groups in total. The highest BCUT2D eigenvalue weighted by atomic mass is 16.7. The summed E-state index contributed by atoms with van der Waals surface area (Å²) in [4.78, 5) is 0. The Morgan fingerprint density at radius 2 is 1.07 bits per heavy atom. The van der Waals surface area contributed by atoms with Crippen LogP contribution in [0.4, 0.5) is 0 Å². The van der Waals surface area contributed by atoms with E-state index in [-0.39, 0.29) is 13.2 Å². The lowest BCUT2D eigenvalue weighted by molar-refractivity contribution is -0.318. The van der Waals surface area contributed by atoms with Crippen LogP contribution in [-0.2, 0) is 18.9 Å². The second-order valence-electron chi connectivity index (χ2n) is 6.98. The van der Waals surface area contributed by atoms with Crippen molar-refractivity contribution in [2.45, 2.75) is 43.1 Å². The Morgan fingerprint density at radius 3 is 1.46 bits per heavy atom. The van der Waals surface area contributed by atoms with E-state index in [1.54, 1.807) is 0 Å². The lowest BCUT2D eigenvalue weighted by atomic mass is 9.97. The molecule has 28 heavy (non-hydrogen) atoms. The van der Waals surface area contributed by atoms with E-state index in [9.17, 15) is 15.3 Å². The van der Waals surface area contributed by atoms with Gasteiger partial charge in [0.25, 0.3) is 0 Å². The summed E-state index contributed by atoms with van der Waals surface area (Å²) >= 11 is 0. The Morgan fingerprint density at radius 1 is 0.679 bits per heavy atom. The number of benzene rings is 2. The number of rotatable bonds is 4. The molecule has 4 rings (SSSR count). The van der Waals surface area contributed by atoms with Gasteiger partial charge in [-0.1, -0.05) is 60.7 Å². The Kier molecular flexibility index (Phi) is 6.03. The van der Waals surface area contributed by atoms with E-state index in [2.05, 4.69) is 0 Å². The molecule has 150 valence electrons. The van der Waals surface area contributed by atoms with E-state index in [4.69, 9.17) is 18.9 Å². The first-order valence-electron chi connectivity index (χ1n) is 9.31. The largest absolute Gasteiger partial charge is 0.388 e. The third kappa shape index (κ3) is 4.11. The van der Waals surface area contributed by atoms with Gasteiger partial charge in [0.15, 0.2) is 12.6 Å². The average Bonchev–Trinajstić information content (AvgIpc) is 2.75. The molecule has 2 fully saturated rings. The van der Waals surface area contributed by atoms with Gasteiger partial charge in [0.1, 0.15) is 30.5 Å². The van der Waals surface area contributed by atoms with Crippen molar-refractivity contribution in [2.24, 2.45) is 0 Å². The van der Waals surface area contributed by atoms with Crippen molar-refractivity contribution in [2.75, 3.05) is 13.2 Å². The molecule has 0 bridgehead atoms. The fourth-order valence-electron chi connectivity index (χ4n) is 3.48. The van der Waals surface area contributed by atoms with Crippen molar-refractivity contribution in [1.82, 2.24) is 0 Å². The molecular formula is C21H24O7. The lowest BCUT2D eigenvalue weighted by Crippen LogP contribution is -2.57. The fraction of sp³-hybridized carbons (Fsp3) is 0.429. The number of aliphatic hydroxyl groups is 3. The minimum Gasteiger partial charge on any atom is -0.388 e. The molecule has 0 aromatic heterocycles. The van der Waals surface area contributed by atoms with E-state index in [0.717, 1.165) is 11.1 Å². The molecule has 2 aromatic carbocycles. The lowest BCUT2D eigenvalue weighted by Gasteiger charge is -2.42. The zero-order valence-electron chi connectivity index (χ0n) is 15.2. The highest BCUT2D eigenvalue weighted by molar-refractivity contribution is 5.17. The van der Waals surface area contributed by atoms with Crippen LogP contribution in [0.2, 0.25) is 0 Å². The Balaban J connectivity index is 1.48. The second kappa shape index (κ2) is 8.67. The second-order valence-corrected chi connectivity index (χ2v) is 6.98. The van der Waals surface area contributed by atoms with Gasteiger partial charge in [-0.2, -0.15) is 0 Å². The molecule has 7 heteroatoms. The maximum Gasteiger partial charge on any atom is 0.184 e. The van der Waals surface area contributed by atoms with E-state index in [0.29, 0.717) is 0 Å². The molecule has 0 spiro atoms. The fourth-order valence-corrected chi connectivity index (χ4v) is 3.48. The SMILES string of the molecule is OC(C1O[C@@H](c2ccccc2)OC[C@H]1O)C1O[C@H](c2ccccc2)OC[C@@H]1O. The molecule has 7 atom stereocenters. The molecule has 7 nitrogen and oxygen atoms in total. The summed E-state index contributed by atoms with van der Waals surface area (Å²) in [6.07, 6.45) is -6.76. The van der Waals surface area contributed by atoms with Crippen molar-refractivity contribution >= 4 is 0 Å². The van der Waals surface area contributed by atoms with Crippen LogP contribution in [-0.4, -0.2) is 59.1 Å². The normalized spacial score (nSPS) is 34.7. The quantitative estimate of drug-likeness (QED) is 0.726. The van der Waals surface area contributed by atoms with Crippen molar-refractivity contribution in [3.05, 3.63) is 71.8 Å². The van der Waals surface area contributed by atoms with Gasteiger partial charge in [-0.25, -0.2) is 0 Å². The van der Waals surface area contributed by atoms with Gasteiger partial charge in [-0.15, -0.1) is 0 Å². The molecule has 3 unspecified atom stereocenters. The molecule has 0 amide bonds. The predicted octanol–water partition coefficient (Wildman–Crippen LogP) is 1.30. The van der Waals surface area contributed by atoms with E-state index in [1.807, 2.05) is 60.7 Å². The molecule has 2 aromatic rings. The van der Waals surface area contributed by atoms with Crippen LogP contribution in [0.3, 0.4) is 0 Å². The Labute approximate surface area is 163 Å². The molecule has 0 aliphatic carbocycles. The molecule has 2 aliphatic rings. The van der Waals surface area contributed by atoms with Gasteiger partial charge in [-0.3, -0.25) is 0 Å². The van der Waals surface area contributed by atoms with E-state index < -0.39 is 43.1 Å². The van der Waals surface area contributed by atoms with Crippen molar-refractivity contribution in [3.63, 3.8) is 0 Å². The van der Waals surface area contributed by atoms with Crippen LogP contribution >= 0.6 is 0 Å². The Hall–Kier alpha value is -1.84. The first kappa shape index (κ1) is 19.5. The van der Waals surface area contributed by atoms with Gasteiger partial charge in [0.05, 0.1) is 13.2 Å². The first-order chi connectivity index (χ1) is 13.6. The molecule has 2 aliphatic heterocycles. The highest BCUT2D eigenvalue weighted by Gasteiger charge is 2.45. The zero-order chi connectivity index (χ0) is 19.5. The van der Waals surface area contributed by atoms with Crippen molar-refractivity contribution < 1.29 is 34.3 Å². The molecule has 2 saturated heterocycles. The van der Waals surface area contributed by atoms with Gasteiger partial charge in [0.2, 0.25) is 0 Å². The molecular weight excluding hydrogens is 364 g/mol. The summed E-state index contributed by atoms with van der Waals surface area (Å²) in [5, 5.41) is 31.5. The minimum absolute atomic E-state index is 0.00270. The van der Waals surface area contributed by atoms with Crippen molar-refractivity contribution in [1.29, 1.82) is 0 Å². The number of hydrogen-bond donors (Lipinski definition) is 3. The summed E-state index contributed by atoms with van der Waals surface area (Å²) < 4.78 is 22.8.